The topological polar surface area (TPSA) is 52.1 Å². The first-order valence-corrected chi connectivity index (χ1v) is 6.25. The fourth-order valence-electron chi connectivity index (χ4n) is 2.19. The number of hydrogen-bond donors (Lipinski definition) is 0. The summed E-state index contributed by atoms with van der Waals surface area (Å²) < 4.78 is 10.6. The van der Waals surface area contributed by atoms with Gasteiger partial charge in [0.2, 0.25) is 0 Å². The zero-order chi connectivity index (χ0) is 13.4. The van der Waals surface area contributed by atoms with Crippen molar-refractivity contribution in [3.05, 3.63) is 61.3 Å². The normalized spacial score (nSPS) is 11.0. The van der Waals surface area contributed by atoms with Crippen LogP contribution < -0.4 is 0 Å². The minimum atomic E-state index is 0.694. The van der Waals surface area contributed by atoms with E-state index in [2.05, 4.69) is 4.98 Å². The summed E-state index contributed by atoms with van der Waals surface area (Å²) in [6.07, 6.45) is 4.91. The van der Waals surface area contributed by atoms with E-state index in [1.54, 1.807) is 18.8 Å². The maximum Gasteiger partial charge on any atom is 0.154 e. The molecule has 4 heteroatoms. The van der Waals surface area contributed by atoms with Crippen LogP contribution in [0.1, 0.15) is 0 Å². The Morgan fingerprint density at radius 1 is 0.750 bits per heavy atom. The van der Waals surface area contributed by atoms with Gasteiger partial charge in [-0.2, -0.15) is 0 Å². The Morgan fingerprint density at radius 2 is 1.55 bits per heavy atom. The van der Waals surface area contributed by atoms with E-state index in [-0.39, 0.29) is 0 Å². The van der Waals surface area contributed by atoms with E-state index in [0.29, 0.717) is 5.76 Å². The first kappa shape index (κ1) is 11.0. The number of benzene rings is 1. The zero-order valence-corrected chi connectivity index (χ0v) is 10.5. The van der Waals surface area contributed by atoms with Crippen LogP contribution in [0.2, 0.25) is 0 Å². The summed E-state index contributed by atoms with van der Waals surface area (Å²) in [4.78, 5) is 9.37. The first-order valence-electron chi connectivity index (χ1n) is 6.25. The minimum Gasteiger partial charge on any atom is -0.472 e. The van der Waals surface area contributed by atoms with Gasteiger partial charge in [0.15, 0.2) is 5.76 Å². The third-order valence-corrected chi connectivity index (χ3v) is 3.12. The van der Waals surface area contributed by atoms with Crippen molar-refractivity contribution in [1.82, 2.24) is 9.97 Å². The van der Waals surface area contributed by atoms with E-state index in [1.165, 1.54) is 0 Å². The molecule has 96 valence electrons. The Balaban J connectivity index is 2.06. The number of nitrogens with zero attached hydrogens (tertiary/aromatic N) is 2. The van der Waals surface area contributed by atoms with Crippen molar-refractivity contribution in [3.63, 3.8) is 0 Å². The summed E-state index contributed by atoms with van der Waals surface area (Å²) >= 11 is 0. The number of para-hydroxylation sites is 2. The van der Waals surface area contributed by atoms with Gasteiger partial charge in [-0.05, 0) is 30.3 Å². The molecule has 0 fully saturated rings. The van der Waals surface area contributed by atoms with Crippen LogP contribution in [-0.4, -0.2) is 9.97 Å². The molecule has 0 aliphatic heterocycles. The second-order valence-corrected chi connectivity index (χ2v) is 4.40. The highest BCUT2D eigenvalue weighted by Crippen LogP contribution is 2.31. The quantitative estimate of drug-likeness (QED) is 0.544. The fourth-order valence-corrected chi connectivity index (χ4v) is 2.19. The summed E-state index contributed by atoms with van der Waals surface area (Å²) in [5.41, 5.74) is 4.04. The van der Waals surface area contributed by atoms with Crippen molar-refractivity contribution < 1.29 is 8.83 Å². The van der Waals surface area contributed by atoms with Crippen molar-refractivity contribution >= 4 is 11.0 Å². The molecule has 4 nitrogen and oxygen atoms in total. The molecule has 20 heavy (non-hydrogen) atoms. The van der Waals surface area contributed by atoms with Crippen LogP contribution in [0.15, 0.2) is 70.1 Å². The Bertz CT molecular complexity index is 777. The van der Waals surface area contributed by atoms with Crippen LogP contribution in [-0.2, 0) is 0 Å². The third kappa shape index (κ3) is 1.70. The molecule has 0 atom stereocenters. The molecule has 0 spiro atoms. The van der Waals surface area contributed by atoms with Gasteiger partial charge in [-0.3, -0.25) is 0 Å². The minimum absolute atomic E-state index is 0.694. The summed E-state index contributed by atoms with van der Waals surface area (Å²) in [5.74, 6) is 0.694. The molecular formula is C16H10N2O2. The van der Waals surface area contributed by atoms with Crippen molar-refractivity contribution in [1.29, 1.82) is 0 Å². The lowest BCUT2D eigenvalue weighted by atomic mass is 10.1. The van der Waals surface area contributed by atoms with Crippen LogP contribution in [0.5, 0.6) is 0 Å². The highest BCUT2D eigenvalue weighted by molar-refractivity contribution is 5.84. The predicted molar refractivity (Wildman–Crippen MR) is 74.9 cm³/mol. The standard InChI is InChI=1S/C16H10N2O2/c1-2-5-13-12(4-1)17-15(11-7-9-19-10-11)16(18-13)14-6-3-8-20-14/h1-10H. The van der Waals surface area contributed by atoms with Crippen LogP contribution in [0, 0.1) is 0 Å². The number of rotatable bonds is 2. The van der Waals surface area contributed by atoms with E-state index in [1.807, 2.05) is 42.5 Å². The maximum absolute atomic E-state index is 5.47. The predicted octanol–water partition coefficient (Wildman–Crippen LogP) is 4.15. The Kier molecular flexibility index (Phi) is 2.39. The van der Waals surface area contributed by atoms with Crippen molar-refractivity contribution in [2.45, 2.75) is 0 Å². The molecule has 0 amide bonds. The highest BCUT2D eigenvalue weighted by atomic mass is 16.3. The van der Waals surface area contributed by atoms with Gasteiger partial charge in [-0.1, -0.05) is 12.1 Å². The molecule has 3 aromatic heterocycles. The van der Waals surface area contributed by atoms with Crippen molar-refractivity contribution in [2.75, 3.05) is 0 Å². The number of fused-ring (bicyclic) bond motifs is 1. The Labute approximate surface area is 114 Å². The zero-order valence-electron chi connectivity index (χ0n) is 10.5. The molecule has 0 unspecified atom stereocenters. The largest absolute Gasteiger partial charge is 0.472 e. The number of furan rings is 2. The molecule has 1 aromatic carbocycles. The molecule has 0 radical (unpaired) electrons. The van der Waals surface area contributed by atoms with Crippen LogP contribution in [0.25, 0.3) is 33.7 Å². The van der Waals surface area contributed by atoms with Gasteiger partial charge in [0.05, 0.1) is 29.8 Å². The molecule has 0 aliphatic rings. The molecule has 0 bridgehead atoms. The van der Waals surface area contributed by atoms with E-state index < -0.39 is 0 Å². The Hall–Kier alpha value is -2.88. The lowest BCUT2D eigenvalue weighted by molar-refractivity contribution is 0.568. The smallest absolute Gasteiger partial charge is 0.154 e. The fraction of sp³-hybridized carbons (Fsp3) is 0. The highest BCUT2D eigenvalue weighted by Gasteiger charge is 2.15. The Morgan fingerprint density at radius 3 is 2.20 bits per heavy atom. The summed E-state index contributed by atoms with van der Waals surface area (Å²) in [7, 11) is 0. The van der Waals surface area contributed by atoms with Crippen LogP contribution in [0.4, 0.5) is 0 Å². The monoisotopic (exact) mass is 262 g/mol. The first-order chi connectivity index (χ1) is 9.92. The van der Waals surface area contributed by atoms with Gasteiger partial charge >= 0.3 is 0 Å². The number of hydrogen-bond acceptors (Lipinski definition) is 4. The average Bonchev–Trinajstić information content (AvgIpc) is 3.19. The van der Waals surface area contributed by atoms with E-state index in [4.69, 9.17) is 13.8 Å². The molecule has 4 rings (SSSR count). The van der Waals surface area contributed by atoms with E-state index >= 15 is 0 Å². The second kappa shape index (κ2) is 4.35. The lowest BCUT2D eigenvalue weighted by Crippen LogP contribution is -1.93. The van der Waals surface area contributed by atoms with E-state index in [0.717, 1.165) is 28.0 Å². The van der Waals surface area contributed by atoms with Crippen LogP contribution in [0.3, 0.4) is 0 Å². The van der Waals surface area contributed by atoms with Gasteiger partial charge in [-0.15, -0.1) is 0 Å². The SMILES string of the molecule is c1coc(-c2nc3ccccc3nc2-c2ccoc2)c1. The van der Waals surface area contributed by atoms with Gasteiger partial charge in [0, 0.05) is 5.56 Å². The summed E-state index contributed by atoms with van der Waals surface area (Å²) in [5, 5.41) is 0. The number of aromatic nitrogens is 2. The van der Waals surface area contributed by atoms with Crippen molar-refractivity contribution in [2.24, 2.45) is 0 Å². The summed E-state index contributed by atoms with van der Waals surface area (Å²) in [6, 6.07) is 13.4. The average molecular weight is 262 g/mol. The maximum atomic E-state index is 5.47. The van der Waals surface area contributed by atoms with Gasteiger partial charge in [-0.25, -0.2) is 9.97 Å². The molecule has 0 saturated heterocycles. The molecule has 0 N–H and O–H groups in total. The van der Waals surface area contributed by atoms with Gasteiger partial charge < -0.3 is 8.83 Å². The van der Waals surface area contributed by atoms with Gasteiger partial charge in [0.25, 0.3) is 0 Å². The van der Waals surface area contributed by atoms with Crippen LogP contribution >= 0.6 is 0 Å². The molecule has 0 aliphatic carbocycles. The van der Waals surface area contributed by atoms with Gasteiger partial charge in [0.1, 0.15) is 11.4 Å². The molecular weight excluding hydrogens is 252 g/mol. The third-order valence-electron chi connectivity index (χ3n) is 3.12. The molecule has 3 heterocycles. The van der Waals surface area contributed by atoms with E-state index in [9.17, 15) is 0 Å². The molecule has 0 saturated carbocycles. The molecule has 4 aromatic rings. The van der Waals surface area contributed by atoms with Crippen molar-refractivity contribution in [3.8, 4) is 22.7 Å². The summed E-state index contributed by atoms with van der Waals surface area (Å²) in [6.45, 7) is 0. The lowest BCUT2D eigenvalue weighted by Gasteiger charge is -2.06. The second-order valence-electron chi connectivity index (χ2n) is 4.40.